The summed E-state index contributed by atoms with van der Waals surface area (Å²) < 4.78 is 0. The van der Waals surface area contributed by atoms with Gasteiger partial charge in [0.15, 0.2) is 11.5 Å². The number of aromatic carboxylic acids is 1. The van der Waals surface area contributed by atoms with Crippen LogP contribution in [0.4, 0.5) is 5.82 Å². The Bertz CT molecular complexity index is 430. The van der Waals surface area contributed by atoms with Gasteiger partial charge in [-0.2, -0.15) is 0 Å². The van der Waals surface area contributed by atoms with Gasteiger partial charge < -0.3 is 15.3 Å². The second-order valence-electron chi connectivity index (χ2n) is 4.82. The maximum absolute atomic E-state index is 11.0. The number of hydrogen-bond acceptors (Lipinski definition) is 5. The number of likely N-dealkylation sites (tertiary alicyclic amines) is 1. The molecule has 1 aromatic heterocycles. The summed E-state index contributed by atoms with van der Waals surface area (Å²) >= 11 is 0. The zero-order valence-corrected chi connectivity index (χ0v) is 11.2. The first-order chi connectivity index (χ1) is 9.20. The zero-order chi connectivity index (χ0) is 13.7. The first kappa shape index (κ1) is 13.7. The van der Waals surface area contributed by atoms with Gasteiger partial charge in [-0.05, 0) is 38.4 Å². The van der Waals surface area contributed by atoms with Crippen LogP contribution in [0, 0.1) is 5.92 Å². The fourth-order valence-electron chi connectivity index (χ4n) is 2.37. The van der Waals surface area contributed by atoms with Gasteiger partial charge in [-0.15, -0.1) is 0 Å². The fourth-order valence-corrected chi connectivity index (χ4v) is 2.37. The Kier molecular flexibility index (Phi) is 4.68. The van der Waals surface area contributed by atoms with E-state index in [1.807, 2.05) is 0 Å². The van der Waals surface area contributed by atoms with Crippen molar-refractivity contribution in [3.05, 3.63) is 18.1 Å². The molecule has 1 saturated heterocycles. The summed E-state index contributed by atoms with van der Waals surface area (Å²) in [5, 5.41) is 12.1. The normalized spacial score (nSPS) is 17.3. The molecule has 1 fully saturated rings. The molecule has 6 heteroatoms. The largest absolute Gasteiger partial charge is 0.476 e. The molecular formula is C13H20N4O2. The number of nitrogens with one attached hydrogen (secondary N) is 1. The van der Waals surface area contributed by atoms with Crippen molar-refractivity contribution in [1.82, 2.24) is 14.9 Å². The van der Waals surface area contributed by atoms with Gasteiger partial charge >= 0.3 is 5.97 Å². The van der Waals surface area contributed by atoms with Gasteiger partial charge in [0, 0.05) is 18.9 Å². The molecule has 0 atom stereocenters. The van der Waals surface area contributed by atoms with Crippen molar-refractivity contribution in [2.75, 3.05) is 31.5 Å². The molecule has 0 aromatic carbocycles. The van der Waals surface area contributed by atoms with Gasteiger partial charge in [0.25, 0.3) is 0 Å². The molecule has 0 spiro atoms. The summed E-state index contributed by atoms with van der Waals surface area (Å²) in [6.07, 6.45) is 5.19. The SMILES string of the molecule is CCN1CCC(CNc2nccnc2C(=O)O)CC1. The number of anilines is 1. The molecule has 0 aliphatic carbocycles. The van der Waals surface area contributed by atoms with Crippen molar-refractivity contribution in [3.8, 4) is 0 Å². The van der Waals surface area contributed by atoms with Crippen molar-refractivity contribution in [2.45, 2.75) is 19.8 Å². The summed E-state index contributed by atoms with van der Waals surface area (Å²) in [5.74, 6) is -0.101. The van der Waals surface area contributed by atoms with Gasteiger partial charge in [-0.1, -0.05) is 6.92 Å². The number of carbonyl (C=O) groups is 1. The lowest BCUT2D eigenvalue weighted by atomic mass is 9.97. The molecular weight excluding hydrogens is 244 g/mol. The van der Waals surface area contributed by atoms with E-state index >= 15 is 0 Å². The highest BCUT2D eigenvalue weighted by Crippen LogP contribution is 2.18. The number of piperidine rings is 1. The summed E-state index contributed by atoms with van der Waals surface area (Å²) in [6, 6.07) is 0. The van der Waals surface area contributed by atoms with Crippen LogP contribution in [-0.2, 0) is 0 Å². The maximum Gasteiger partial charge on any atom is 0.358 e. The van der Waals surface area contributed by atoms with Crippen molar-refractivity contribution in [3.63, 3.8) is 0 Å². The molecule has 2 N–H and O–H groups in total. The minimum absolute atomic E-state index is 0.00602. The lowest BCUT2D eigenvalue weighted by Crippen LogP contribution is -2.35. The molecule has 104 valence electrons. The summed E-state index contributed by atoms with van der Waals surface area (Å²) in [7, 11) is 0. The van der Waals surface area contributed by atoms with Gasteiger partial charge in [0.1, 0.15) is 0 Å². The Hall–Kier alpha value is -1.69. The Labute approximate surface area is 112 Å². The van der Waals surface area contributed by atoms with Crippen LogP contribution in [0.1, 0.15) is 30.3 Å². The average molecular weight is 264 g/mol. The molecule has 0 radical (unpaired) electrons. The number of hydrogen-bond donors (Lipinski definition) is 2. The van der Waals surface area contributed by atoms with Crippen molar-refractivity contribution >= 4 is 11.8 Å². The molecule has 0 unspecified atom stereocenters. The second kappa shape index (κ2) is 6.47. The maximum atomic E-state index is 11.0. The summed E-state index contributed by atoms with van der Waals surface area (Å²) in [4.78, 5) is 21.3. The van der Waals surface area contributed by atoms with E-state index in [4.69, 9.17) is 5.11 Å². The Morgan fingerprint density at radius 1 is 1.42 bits per heavy atom. The smallest absolute Gasteiger partial charge is 0.358 e. The van der Waals surface area contributed by atoms with Crippen LogP contribution in [0.5, 0.6) is 0 Å². The zero-order valence-electron chi connectivity index (χ0n) is 11.2. The number of nitrogens with zero attached hydrogens (tertiary/aromatic N) is 3. The predicted molar refractivity (Wildman–Crippen MR) is 72.3 cm³/mol. The van der Waals surface area contributed by atoms with Crippen LogP contribution >= 0.6 is 0 Å². The van der Waals surface area contributed by atoms with Gasteiger partial charge in [-0.25, -0.2) is 14.8 Å². The fraction of sp³-hybridized carbons (Fsp3) is 0.615. The molecule has 1 aliphatic rings. The molecule has 0 amide bonds. The molecule has 2 heterocycles. The topological polar surface area (TPSA) is 78.3 Å². The van der Waals surface area contributed by atoms with E-state index in [0.717, 1.165) is 39.0 Å². The number of carboxylic acids is 1. The Morgan fingerprint density at radius 2 is 2.11 bits per heavy atom. The molecule has 1 aromatic rings. The van der Waals surface area contributed by atoms with Crippen LogP contribution in [0.3, 0.4) is 0 Å². The number of rotatable bonds is 5. The van der Waals surface area contributed by atoms with Crippen molar-refractivity contribution < 1.29 is 9.90 Å². The van der Waals surface area contributed by atoms with Crippen LogP contribution in [-0.4, -0.2) is 52.1 Å². The first-order valence-electron chi connectivity index (χ1n) is 6.71. The van der Waals surface area contributed by atoms with E-state index in [-0.39, 0.29) is 5.69 Å². The third-order valence-electron chi connectivity index (χ3n) is 3.61. The molecule has 6 nitrogen and oxygen atoms in total. The van der Waals surface area contributed by atoms with E-state index in [2.05, 4.69) is 27.1 Å². The first-order valence-corrected chi connectivity index (χ1v) is 6.71. The lowest BCUT2D eigenvalue weighted by Gasteiger charge is -2.31. The van der Waals surface area contributed by atoms with E-state index in [1.165, 1.54) is 12.4 Å². The molecule has 2 rings (SSSR count). The minimum atomic E-state index is -1.04. The van der Waals surface area contributed by atoms with Gasteiger partial charge in [0.05, 0.1) is 0 Å². The van der Waals surface area contributed by atoms with E-state index in [9.17, 15) is 4.79 Å². The Morgan fingerprint density at radius 3 is 2.74 bits per heavy atom. The predicted octanol–water partition coefficient (Wildman–Crippen LogP) is 1.32. The van der Waals surface area contributed by atoms with Crippen LogP contribution in [0.2, 0.25) is 0 Å². The monoisotopic (exact) mass is 264 g/mol. The Balaban J connectivity index is 1.88. The van der Waals surface area contributed by atoms with E-state index in [0.29, 0.717) is 11.7 Å². The van der Waals surface area contributed by atoms with Gasteiger partial charge in [0.2, 0.25) is 0 Å². The third kappa shape index (κ3) is 3.64. The molecule has 19 heavy (non-hydrogen) atoms. The second-order valence-corrected chi connectivity index (χ2v) is 4.82. The quantitative estimate of drug-likeness (QED) is 0.835. The number of carboxylic acid groups (broad SMARTS) is 1. The minimum Gasteiger partial charge on any atom is -0.476 e. The molecule has 0 saturated carbocycles. The van der Waals surface area contributed by atoms with Gasteiger partial charge in [-0.3, -0.25) is 0 Å². The van der Waals surface area contributed by atoms with Crippen molar-refractivity contribution in [2.24, 2.45) is 5.92 Å². The van der Waals surface area contributed by atoms with E-state index in [1.54, 1.807) is 0 Å². The molecule has 1 aliphatic heterocycles. The van der Waals surface area contributed by atoms with Crippen LogP contribution < -0.4 is 5.32 Å². The summed E-state index contributed by atoms with van der Waals surface area (Å²) in [5.41, 5.74) is -0.00602. The summed E-state index contributed by atoms with van der Waals surface area (Å²) in [6.45, 7) is 6.28. The van der Waals surface area contributed by atoms with Crippen molar-refractivity contribution in [1.29, 1.82) is 0 Å². The van der Waals surface area contributed by atoms with Crippen LogP contribution in [0.15, 0.2) is 12.4 Å². The number of aromatic nitrogens is 2. The average Bonchev–Trinajstić information content (AvgIpc) is 2.46. The third-order valence-corrected chi connectivity index (χ3v) is 3.61. The van der Waals surface area contributed by atoms with E-state index < -0.39 is 5.97 Å². The highest BCUT2D eigenvalue weighted by Gasteiger charge is 2.19. The lowest BCUT2D eigenvalue weighted by molar-refractivity contribution is 0.0691. The highest BCUT2D eigenvalue weighted by atomic mass is 16.4. The highest BCUT2D eigenvalue weighted by molar-refractivity contribution is 5.90. The molecule has 0 bridgehead atoms. The van der Waals surface area contributed by atoms with Crippen LogP contribution in [0.25, 0.3) is 0 Å². The standard InChI is InChI=1S/C13H20N4O2/c1-2-17-7-3-10(4-8-17)9-16-12-11(13(18)19)14-5-6-15-12/h5-6,10H,2-4,7-9H2,1H3,(H,15,16)(H,18,19).